The largest absolute Gasteiger partial charge is 0.272 e. The smallest absolute Gasteiger partial charge is 0.268 e. The van der Waals surface area contributed by atoms with Crippen LogP contribution in [0.1, 0.15) is 22.8 Å². The molecule has 0 unspecified atom stereocenters. The van der Waals surface area contributed by atoms with E-state index >= 15 is 0 Å². The number of rotatable bonds is 6. The van der Waals surface area contributed by atoms with E-state index in [1.54, 1.807) is 42.5 Å². The zero-order chi connectivity index (χ0) is 22.6. The second kappa shape index (κ2) is 9.20. The highest BCUT2D eigenvalue weighted by Crippen LogP contribution is 2.27. The van der Waals surface area contributed by atoms with E-state index < -0.39 is 15.9 Å². The number of hydrogen-bond donors (Lipinski definition) is 0. The summed E-state index contributed by atoms with van der Waals surface area (Å²) in [6.07, 6.45) is 0.820. The molecule has 0 atom stereocenters. The molecule has 0 saturated carbocycles. The molecule has 0 aromatic heterocycles. The van der Waals surface area contributed by atoms with Crippen molar-refractivity contribution in [2.24, 2.45) is 0 Å². The van der Waals surface area contributed by atoms with Crippen LogP contribution in [0.3, 0.4) is 0 Å². The molecule has 1 amide bonds. The topological polar surface area (TPSA) is 54.5 Å². The summed E-state index contributed by atoms with van der Waals surface area (Å²) in [6.45, 7) is 2.02. The summed E-state index contributed by atoms with van der Waals surface area (Å²) in [4.78, 5) is 13.6. The molecule has 160 valence electrons. The van der Waals surface area contributed by atoms with E-state index in [2.05, 4.69) is 0 Å². The molecular weight excluding hydrogens is 418 g/mol. The Morgan fingerprint density at radius 3 is 1.78 bits per heavy atom. The average Bonchev–Trinajstić information content (AvgIpc) is 2.85. The van der Waals surface area contributed by atoms with Crippen LogP contribution in [0.5, 0.6) is 0 Å². The normalized spacial score (nSPS) is 11.2. The highest BCUT2D eigenvalue weighted by molar-refractivity contribution is 7.93. The number of nitrogens with zero attached hydrogens (tertiary/aromatic N) is 1. The van der Waals surface area contributed by atoms with Crippen molar-refractivity contribution >= 4 is 21.6 Å². The van der Waals surface area contributed by atoms with E-state index in [4.69, 9.17) is 0 Å². The van der Waals surface area contributed by atoms with E-state index in [1.807, 2.05) is 61.5 Å². The fraction of sp³-hybridized carbons (Fsp3) is 0.0741. The molecule has 0 aliphatic carbocycles. The predicted octanol–water partition coefficient (Wildman–Crippen LogP) is 5.95. The number of amides is 1. The Bertz CT molecular complexity index is 1300. The van der Waals surface area contributed by atoms with Gasteiger partial charge in [-0.25, -0.2) is 8.42 Å². The summed E-state index contributed by atoms with van der Waals surface area (Å²) in [6, 6.07) is 31.8. The monoisotopic (exact) mass is 441 g/mol. The number of carbonyl (C=O) groups is 1. The third-order valence-electron chi connectivity index (χ3n) is 5.28. The molecule has 4 aromatic rings. The predicted molar refractivity (Wildman–Crippen MR) is 128 cm³/mol. The van der Waals surface area contributed by atoms with Gasteiger partial charge in [0.15, 0.2) is 0 Å². The molecule has 0 bridgehead atoms. The molecule has 0 aliphatic rings. The summed E-state index contributed by atoms with van der Waals surface area (Å²) in [7, 11) is -4.10. The van der Waals surface area contributed by atoms with Gasteiger partial charge in [-0.1, -0.05) is 79.7 Å². The number of hydrogen-bond acceptors (Lipinski definition) is 3. The van der Waals surface area contributed by atoms with Crippen LogP contribution >= 0.6 is 0 Å². The Hall–Kier alpha value is -3.70. The fourth-order valence-electron chi connectivity index (χ4n) is 3.48. The molecule has 0 aliphatic heterocycles. The first kappa shape index (κ1) is 21.5. The molecule has 0 fully saturated rings. The van der Waals surface area contributed by atoms with Crippen LogP contribution in [0, 0.1) is 0 Å². The molecule has 0 spiro atoms. The maximum Gasteiger partial charge on any atom is 0.272 e. The van der Waals surface area contributed by atoms with Gasteiger partial charge in [-0.3, -0.25) is 4.79 Å². The van der Waals surface area contributed by atoms with Crippen molar-refractivity contribution in [3.05, 3.63) is 120 Å². The van der Waals surface area contributed by atoms with Gasteiger partial charge in [-0.2, -0.15) is 4.31 Å². The molecule has 5 heteroatoms. The van der Waals surface area contributed by atoms with Crippen LogP contribution in [0.2, 0.25) is 0 Å². The van der Waals surface area contributed by atoms with Crippen molar-refractivity contribution in [1.82, 2.24) is 0 Å². The van der Waals surface area contributed by atoms with E-state index in [9.17, 15) is 13.2 Å². The van der Waals surface area contributed by atoms with Crippen LogP contribution in [0.25, 0.3) is 11.1 Å². The van der Waals surface area contributed by atoms with E-state index in [-0.39, 0.29) is 4.90 Å². The molecule has 0 heterocycles. The van der Waals surface area contributed by atoms with Gasteiger partial charge < -0.3 is 0 Å². The van der Waals surface area contributed by atoms with Gasteiger partial charge in [0.25, 0.3) is 15.9 Å². The molecule has 0 saturated heterocycles. The lowest BCUT2D eigenvalue weighted by Crippen LogP contribution is -2.37. The molecule has 4 rings (SSSR count). The number of aryl methyl sites for hydroxylation is 1. The second-order valence-corrected chi connectivity index (χ2v) is 9.14. The molecule has 32 heavy (non-hydrogen) atoms. The quantitative estimate of drug-likeness (QED) is 0.371. The second-order valence-electron chi connectivity index (χ2n) is 7.35. The van der Waals surface area contributed by atoms with Crippen molar-refractivity contribution in [2.75, 3.05) is 4.31 Å². The third kappa shape index (κ3) is 4.34. The Morgan fingerprint density at radius 1 is 0.688 bits per heavy atom. The zero-order valence-electron chi connectivity index (χ0n) is 17.7. The van der Waals surface area contributed by atoms with Gasteiger partial charge in [0, 0.05) is 5.56 Å². The van der Waals surface area contributed by atoms with E-state index in [1.165, 1.54) is 12.1 Å². The van der Waals surface area contributed by atoms with Gasteiger partial charge in [-0.05, 0) is 59.5 Å². The molecular formula is C27H23NO3S. The van der Waals surface area contributed by atoms with Crippen molar-refractivity contribution in [1.29, 1.82) is 0 Å². The molecule has 0 N–H and O–H groups in total. The lowest BCUT2D eigenvalue weighted by atomic mass is 10.0. The lowest BCUT2D eigenvalue weighted by Gasteiger charge is -2.23. The summed E-state index contributed by atoms with van der Waals surface area (Å²) in [5.41, 5.74) is 3.64. The Balaban J connectivity index is 1.76. The van der Waals surface area contributed by atoms with Crippen molar-refractivity contribution in [3.63, 3.8) is 0 Å². The third-order valence-corrected chi connectivity index (χ3v) is 7.01. The first-order valence-electron chi connectivity index (χ1n) is 10.4. The summed E-state index contributed by atoms with van der Waals surface area (Å²) in [5, 5.41) is 0. The van der Waals surface area contributed by atoms with Gasteiger partial charge in [0.2, 0.25) is 0 Å². The summed E-state index contributed by atoms with van der Waals surface area (Å²) in [5.74, 6) is -0.599. The van der Waals surface area contributed by atoms with Gasteiger partial charge in [-0.15, -0.1) is 0 Å². The number of sulfonamides is 1. The Labute approximate surface area is 188 Å². The minimum atomic E-state index is -4.10. The van der Waals surface area contributed by atoms with Gasteiger partial charge in [0.1, 0.15) is 0 Å². The van der Waals surface area contributed by atoms with Crippen molar-refractivity contribution < 1.29 is 13.2 Å². The Morgan fingerprint density at radius 2 is 1.22 bits per heavy atom. The van der Waals surface area contributed by atoms with Crippen LogP contribution in [0.4, 0.5) is 5.69 Å². The first-order chi connectivity index (χ1) is 15.5. The van der Waals surface area contributed by atoms with Crippen LogP contribution < -0.4 is 4.31 Å². The first-order valence-corrected chi connectivity index (χ1v) is 11.8. The van der Waals surface area contributed by atoms with Crippen LogP contribution in [0.15, 0.2) is 114 Å². The maximum absolute atomic E-state index is 13.5. The van der Waals surface area contributed by atoms with Crippen molar-refractivity contribution in [3.8, 4) is 11.1 Å². The molecule has 0 radical (unpaired) electrons. The highest BCUT2D eigenvalue weighted by atomic mass is 32.2. The highest BCUT2D eigenvalue weighted by Gasteiger charge is 2.31. The lowest BCUT2D eigenvalue weighted by molar-refractivity contribution is 0.101. The summed E-state index contributed by atoms with van der Waals surface area (Å²) < 4.78 is 27.9. The number of carbonyl (C=O) groups excluding carboxylic acids is 1. The molecule has 4 aromatic carbocycles. The number of benzene rings is 4. The summed E-state index contributed by atoms with van der Waals surface area (Å²) >= 11 is 0. The maximum atomic E-state index is 13.5. The Kier molecular flexibility index (Phi) is 6.19. The average molecular weight is 442 g/mol. The van der Waals surface area contributed by atoms with E-state index in [0.29, 0.717) is 11.3 Å². The van der Waals surface area contributed by atoms with Crippen LogP contribution in [-0.2, 0) is 16.4 Å². The van der Waals surface area contributed by atoms with E-state index in [0.717, 1.165) is 27.4 Å². The minimum absolute atomic E-state index is 0.0637. The number of anilines is 1. The SMILES string of the molecule is CCc1ccc(N(C(=O)c2ccc(-c3ccccc3)cc2)S(=O)(=O)c2ccccc2)cc1. The van der Waals surface area contributed by atoms with Gasteiger partial charge in [0.05, 0.1) is 10.6 Å². The molecule has 4 nitrogen and oxygen atoms in total. The minimum Gasteiger partial charge on any atom is -0.268 e. The fourth-order valence-corrected chi connectivity index (χ4v) is 4.92. The zero-order valence-corrected chi connectivity index (χ0v) is 18.5. The van der Waals surface area contributed by atoms with Crippen molar-refractivity contribution in [2.45, 2.75) is 18.2 Å². The standard InChI is InChI=1S/C27H23NO3S/c1-2-21-13-19-25(20-14-21)28(32(30,31)26-11-7-4-8-12-26)27(29)24-17-15-23(16-18-24)22-9-5-3-6-10-22/h3-20H,2H2,1H3. The van der Waals surface area contributed by atoms with Crippen LogP contribution in [-0.4, -0.2) is 14.3 Å². The van der Waals surface area contributed by atoms with Gasteiger partial charge >= 0.3 is 0 Å².